The van der Waals surface area contributed by atoms with E-state index in [1.807, 2.05) is 30.3 Å². The van der Waals surface area contributed by atoms with Crippen LogP contribution < -0.4 is 20.5 Å². The summed E-state index contributed by atoms with van der Waals surface area (Å²) >= 11 is 5.93. The van der Waals surface area contributed by atoms with E-state index in [0.717, 1.165) is 35.1 Å². The van der Waals surface area contributed by atoms with Gasteiger partial charge in [0, 0.05) is 29.1 Å². The van der Waals surface area contributed by atoms with Gasteiger partial charge >= 0.3 is 0 Å². The summed E-state index contributed by atoms with van der Waals surface area (Å²) in [5.74, 6) is 2.33. The highest BCUT2D eigenvalue weighted by atomic mass is 127. The van der Waals surface area contributed by atoms with Crippen LogP contribution in [0.25, 0.3) is 0 Å². The van der Waals surface area contributed by atoms with E-state index in [1.165, 1.54) is 5.56 Å². The van der Waals surface area contributed by atoms with Gasteiger partial charge in [-0.15, -0.1) is 24.0 Å². The molecule has 0 spiro atoms. The molecule has 1 aliphatic heterocycles. The van der Waals surface area contributed by atoms with E-state index in [1.54, 1.807) is 0 Å². The van der Waals surface area contributed by atoms with Gasteiger partial charge in [-0.25, -0.2) is 4.99 Å². The summed E-state index contributed by atoms with van der Waals surface area (Å²) in [5.41, 5.74) is 8.16. The number of ether oxygens (including phenoxy) is 2. The number of hydrogen-bond donors (Lipinski definition) is 2. The molecule has 0 bridgehead atoms. The average molecular weight is 486 g/mol. The van der Waals surface area contributed by atoms with Crippen LogP contribution in [0.5, 0.6) is 11.5 Å². The van der Waals surface area contributed by atoms with Crippen molar-refractivity contribution in [3.8, 4) is 11.5 Å². The maximum atomic E-state index is 6.06. The largest absolute Gasteiger partial charge is 0.490 e. The fourth-order valence-corrected chi connectivity index (χ4v) is 3.12. The Bertz CT molecular complexity index is 798. The van der Waals surface area contributed by atoms with Crippen molar-refractivity contribution < 1.29 is 9.47 Å². The van der Waals surface area contributed by atoms with Gasteiger partial charge in [0.25, 0.3) is 0 Å². The molecular weight excluding hydrogens is 465 g/mol. The van der Waals surface area contributed by atoms with Gasteiger partial charge in [0.1, 0.15) is 0 Å². The number of hydrogen-bond acceptors (Lipinski definition) is 3. The second-order valence-corrected chi connectivity index (χ2v) is 6.75. The van der Waals surface area contributed by atoms with Crippen LogP contribution >= 0.6 is 35.6 Å². The van der Waals surface area contributed by atoms with Crippen molar-refractivity contribution in [1.82, 2.24) is 0 Å². The Hall–Kier alpha value is -1.67. The fourth-order valence-electron chi connectivity index (χ4n) is 2.99. The Balaban J connectivity index is 0.00000196. The van der Waals surface area contributed by atoms with Crippen molar-refractivity contribution in [2.45, 2.75) is 24.8 Å². The lowest BCUT2D eigenvalue weighted by molar-refractivity contribution is 0.297. The van der Waals surface area contributed by atoms with Crippen LogP contribution in [0, 0.1) is 0 Å². The molecule has 1 saturated carbocycles. The Morgan fingerprint density at radius 3 is 2.58 bits per heavy atom. The number of nitrogens with two attached hydrogens (primary N) is 1. The number of nitrogens with one attached hydrogen (secondary N) is 1. The van der Waals surface area contributed by atoms with Crippen LogP contribution in [0.4, 0.5) is 5.69 Å². The number of rotatable bonds is 3. The van der Waals surface area contributed by atoms with Gasteiger partial charge in [-0.2, -0.15) is 0 Å². The lowest BCUT2D eigenvalue weighted by Crippen LogP contribution is -2.23. The molecule has 1 fully saturated rings. The minimum absolute atomic E-state index is 0. The van der Waals surface area contributed by atoms with Crippen molar-refractivity contribution >= 4 is 47.2 Å². The molecule has 2 aromatic carbocycles. The van der Waals surface area contributed by atoms with Gasteiger partial charge in [0.05, 0.1) is 19.3 Å². The minimum atomic E-state index is 0. The summed E-state index contributed by atoms with van der Waals surface area (Å²) < 4.78 is 11.3. The predicted octanol–water partition coefficient (Wildman–Crippen LogP) is 4.40. The summed E-state index contributed by atoms with van der Waals surface area (Å²) in [6, 6.07) is 13.8. The van der Waals surface area contributed by atoms with E-state index < -0.39 is 0 Å². The Morgan fingerprint density at radius 1 is 1.08 bits per heavy atom. The fraction of sp³-hybridized carbons (Fsp3) is 0.316. The third-order valence-electron chi connectivity index (χ3n) is 4.38. The molecule has 26 heavy (non-hydrogen) atoms. The van der Waals surface area contributed by atoms with Crippen LogP contribution in [0.2, 0.25) is 5.02 Å². The zero-order valence-electron chi connectivity index (χ0n) is 14.2. The molecule has 0 radical (unpaired) electrons. The first kappa shape index (κ1) is 19.1. The monoisotopic (exact) mass is 485 g/mol. The number of aliphatic imine (C=N–C) groups is 1. The lowest BCUT2D eigenvalue weighted by atomic mass is 10.1. The molecule has 2 atom stereocenters. The first-order chi connectivity index (χ1) is 12.2. The summed E-state index contributed by atoms with van der Waals surface area (Å²) in [4.78, 5) is 4.57. The highest BCUT2D eigenvalue weighted by molar-refractivity contribution is 14.0. The van der Waals surface area contributed by atoms with Crippen molar-refractivity contribution in [1.29, 1.82) is 0 Å². The minimum Gasteiger partial charge on any atom is -0.490 e. The van der Waals surface area contributed by atoms with Crippen molar-refractivity contribution in [3.05, 3.63) is 53.1 Å². The summed E-state index contributed by atoms with van der Waals surface area (Å²) in [7, 11) is 0. The molecule has 0 aromatic heterocycles. The number of nitrogens with zero attached hydrogens (tertiary/aromatic N) is 1. The van der Waals surface area contributed by atoms with Crippen LogP contribution in [0.1, 0.15) is 24.3 Å². The van der Waals surface area contributed by atoms with E-state index in [9.17, 15) is 0 Å². The summed E-state index contributed by atoms with van der Waals surface area (Å²) in [5, 5.41) is 3.89. The normalized spacial score (nSPS) is 21.3. The second kappa shape index (κ2) is 8.35. The molecule has 1 aliphatic carbocycles. The molecule has 4 rings (SSSR count). The van der Waals surface area contributed by atoms with Gasteiger partial charge in [-0.1, -0.05) is 23.7 Å². The molecule has 7 heteroatoms. The third kappa shape index (κ3) is 4.54. The van der Waals surface area contributed by atoms with Crippen LogP contribution in [0.15, 0.2) is 47.5 Å². The highest BCUT2D eigenvalue weighted by Crippen LogP contribution is 2.43. The molecule has 5 nitrogen and oxygen atoms in total. The van der Waals surface area contributed by atoms with Gasteiger partial charge in [-0.05, 0) is 36.2 Å². The standard InChI is InChI=1S/C19H20ClN3O2.HI/c20-13-4-2-12(3-5-13)15-11-16(15)23-19(21)22-14-6-7-17-18(10-14)25-9-1-8-24-17;/h2-7,10,15-16H,1,8-9,11H2,(H3,21,22,23);1H/t15-,16+;/m0./s1. The molecule has 138 valence electrons. The predicted molar refractivity (Wildman–Crippen MR) is 115 cm³/mol. The quantitative estimate of drug-likeness (QED) is 0.384. The van der Waals surface area contributed by atoms with Gasteiger partial charge in [0.15, 0.2) is 17.5 Å². The first-order valence-corrected chi connectivity index (χ1v) is 8.82. The van der Waals surface area contributed by atoms with Crippen molar-refractivity contribution in [2.24, 2.45) is 10.7 Å². The Kier molecular flexibility index (Phi) is 6.13. The van der Waals surface area contributed by atoms with Crippen molar-refractivity contribution in [2.75, 3.05) is 18.5 Å². The van der Waals surface area contributed by atoms with Gasteiger partial charge in [-0.3, -0.25) is 0 Å². The third-order valence-corrected chi connectivity index (χ3v) is 4.63. The average Bonchev–Trinajstić information content (AvgIpc) is 3.38. The molecule has 1 heterocycles. The van der Waals surface area contributed by atoms with Gasteiger partial charge in [0.2, 0.25) is 0 Å². The van der Waals surface area contributed by atoms with Crippen molar-refractivity contribution in [3.63, 3.8) is 0 Å². The number of fused-ring (bicyclic) bond motifs is 1. The van der Waals surface area contributed by atoms with Crippen LogP contribution in [0.3, 0.4) is 0 Å². The summed E-state index contributed by atoms with van der Waals surface area (Å²) in [6.07, 6.45) is 1.89. The number of guanidine groups is 1. The topological polar surface area (TPSA) is 68.9 Å². The maximum Gasteiger partial charge on any atom is 0.193 e. The molecule has 0 unspecified atom stereocenters. The first-order valence-electron chi connectivity index (χ1n) is 8.44. The van der Waals surface area contributed by atoms with Crippen LogP contribution in [-0.2, 0) is 0 Å². The van der Waals surface area contributed by atoms with E-state index >= 15 is 0 Å². The molecule has 3 N–H and O–H groups in total. The number of halogens is 2. The number of anilines is 1. The Morgan fingerprint density at radius 2 is 1.81 bits per heavy atom. The Labute approximate surface area is 174 Å². The molecule has 0 saturated heterocycles. The molecule has 0 amide bonds. The van der Waals surface area contributed by atoms with E-state index in [2.05, 4.69) is 22.4 Å². The SMILES string of the molecule is I.NC(=N[C@@H]1C[C@H]1c1ccc(Cl)cc1)Nc1ccc2c(c1)OCCCO2. The summed E-state index contributed by atoms with van der Waals surface area (Å²) in [6.45, 7) is 1.34. The maximum absolute atomic E-state index is 6.06. The van der Waals surface area contributed by atoms with E-state index in [4.69, 9.17) is 26.8 Å². The van der Waals surface area contributed by atoms with Gasteiger partial charge < -0.3 is 20.5 Å². The molecule has 2 aliphatic rings. The zero-order valence-corrected chi connectivity index (χ0v) is 17.2. The molecule has 2 aromatic rings. The highest BCUT2D eigenvalue weighted by Gasteiger charge is 2.38. The van der Waals surface area contributed by atoms with E-state index in [-0.39, 0.29) is 30.0 Å². The lowest BCUT2D eigenvalue weighted by Gasteiger charge is -2.10. The smallest absolute Gasteiger partial charge is 0.193 e. The van der Waals surface area contributed by atoms with E-state index in [0.29, 0.717) is 25.1 Å². The van der Waals surface area contributed by atoms with Crippen LogP contribution in [-0.4, -0.2) is 25.2 Å². The second-order valence-electron chi connectivity index (χ2n) is 6.31. The number of benzene rings is 2. The zero-order chi connectivity index (χ0) is 17.2. The molecular formula is C19H21ClIN3O2.